The second kappa shape index (κ2) is 8.96. The summed E-state index contributed by atoms with van der Waals surface area (Å²) in [7, 11) is 1.42. The number of oxime groups is 1. The number of ether oxygens (including phenoxy) is 1. The monoisotopic (exact) mass is 361 g/mol. The van der Waals surface area contributed by atoms with Gasteiger partial charge in [0, 0.05) is 43.5 Å². The van der Waals surface area contributed by atoms with E-state index in [0.29, 0.717) is 18.6 Å². The van der Waals surface area contributed by atoms with Crippen LogP contribution >= 0.6 is 0 Å². The molecule has 3 rings (SSSR count). The number of unbranched alkanes of at least 4 members (excludes halogenated alkanes) is 3. The number of carbonyl (C=O) groups is 2. The van der Waals surface area contributed by atoms with Crippen LogP contribution in [0.15, 0.2) is 23.9 Å². The normalized spacial score (nSPS) is 25.2. The number of hydrogen-bond donors (Lipinski definition) is 0. The van der Waals surface area contributed by atoms with Crippen LogP contribution in [-0.2, 0) is 19.2 Å². The van der Waals surface area contributed by atoms with Gasteiger partial charge >= 0.3 is 5.97 Å². The van der Waals surface area contributed by atoms with Crippen LogP contribution in [0.5, 0.6) is 0 Å². The van der Waals surface area contributed by atoms with Gasteiger partial charge in [-0.05, 0) is 19.3 Å². The number of imidazole rings is 1. The highest BCUT2D eigenvalue weighted by Crippen LogP contribution is 2.38. The Morgan fingerprint density at radius 1 is 1.35 bits per heavy atom. The lowest BCUT2D eigenvalue weighted by Gasteiger charge is -2.18. The maximum atomic E-state index is 12.3. The van der Waals surface area contributed by atoms with Crippen LogP contribution in [0, 0.1) is 11.8 Å². The molecule has 1 saturated carbocycles. The topological polar surface area (TPSA) is 82.8 Å². The van der Waals surface area contributed by atoms with Crippen LogP contribution in [0.25, 0.3) is 0 Å². The fourth-order valence-corrected chi connectivity index (χ4v) is 3.96. The third-order valence-electron chi connectivity index (χ3n) is 5.44. The highest BCUT2D eigenvalue weighted by Gasteiger charge is 2.40. The number of esters is 1. The Morgan fingerprint density at radius 3 is 2.96 bits per heavy atom. The molecule has 1 aliphatic carbocycles. The summed E-state index contributed by atoms with van der Waals surface area (Å²) >= 11 is 0. The van der Waals surface area contributed by atoms with E-state index in [0.717, 1.165) is 50.7 Å². The lowest BCUT2D eigenvalue weighted by Crippen LogP contribution is -2.22. The van der Waals surface area contributed by atoms with Crippen LogP contribution in [0.1, 0.15) is 64.0 Å². The van der Waals surface area contributed by atoms with Crippen molar-refractivity contribution in [1.82, 2.24) is 9.55 Å². The molecule has 0 N–H and O–H groups in total. The highest BCUT2D eigenvalue weighted by atomic mass is 16.7. The molecular weight excluding hydrogens is 334 g/mol. The van der Waals surface area contributed by atoms with Crippen LogP contribution < -0.4 is 0 Å². The average Bonchev–Trinajstić information content (AvgIpc) is 3.38. The molecular formula is C19H27N3O4. The van der Waals surface area contributed by atoms with Crippen molar-refractivity contribution in [3.05, 3.63) is 18.7 Å². The summed E-state index contributed by atoms with van der Waals surface area (Å²) in [6, 6.07) is 0. The standard InChI is InChI=1S/C19H27N3O4/c1-25-19(24)7-5-3-2-4-6-15-14(8-9-17(15)23)16-12-18(26-21-16)22-11-10-20-13-22/h10-11,13-15,18H,2-9,12H2,1H3. The van der Waals surface area contributed by atoms with Crippen LogP contribution in [-0.4, -0.2) is 34.1 Å². The summed E-state index contributed by atoms with van der Waals surface area (Å²) in [4.78, 5) is 33.0. The summed E-state index contributed by atoms with van der Waals surface area (Å²) in [5.41, 5.74) is 1.02. The lowest BCUT2D eigenvalue weighted by atomic mass is 9.85. The molecule has 2 heterocycles. The first kappa shape index (κ1) is 18.6. The second-order valence-electron chi connectivity index (χ2n) is 7.10. The maximum Gasteiger partial charge on any atom is 0.305 e. The molecule has 0 aromatic carbocycles. The zero-order valence-corrected chi connectivity index (χ0v) is 15.3. The molecule has 7 heteroatoms. The van der Waals surface area contributed by atoms with Crippen molar-refractivity contribution < 1.29 is 19.2 Å². The quantitative estimate of drug-likeness (QED) is 0.498. The van der Waals surface area contributed by atoms with E-state index >= 15 is 0 Å². The van der Waals surface area contributed by atoms with E-state index < -0.39 is 0 Å². The van der Waals surface area contributed by atoms with Gasteiger partial charge in [-0.2, -0.15) is 0 Å². The van der Waals surface area contributed by atoms with Gasteiger partial charge in [-0.3, -0.25) is 14.2 Å². The minimum atomic E-state index is -0.150. The molecule has 26 heavy (non-hydrogen) atoms. The number of rotatable bonds is 9. The summed E-state index contributed by atoms with van der Waals surface area (Å²) < 4.78 is 6.55. The summed E-state index contributed by atoms with van der Waals surface area (Å²) in [6.07, 6.45) is 12.7. The van der Waals surface area contributed by atoms with Crippen LogP contribution in [0.3, 0.4) is 0 Å². The second-order valence-corrected chi connectivity index (χ2v) is 7.10. The zero-order chi connectivity index (χ0) is 18.4. The van der Waals surface area contributed by atoms with Crippen molar-refractivity contribution in [3.8, 4) is 0 Å². The number of hydrogen-bond acceptors (Lipinski definition) is 6. The molecule has 7 nitrogen and oxygen atoms in total. The number of ketones is 1. The molecule has 1 aliphatic heterocycles. The SMILES string of the molecule is COC(=O)CCCCCCC1C(=O)CCC1C1=NOC(n2ccnc2)C1. The van der Waals surface area contributed by atoms with Gasteiger partial charge in [0.25, 0.3) is 0 Å². The van der Waals surface area contributed by atoms with Crippen molar-refractivity contribution in [2.75, 3.05) is 7.11 Å². The van der Waals surface area contributed by atoms with E-state index in [-0.39, 0.29) is 24.0 Å². The maximum absolute atomic E-state index is 12.3. The molecule has 0 saturated heterocycles. The van der Waals surface area contributed by atoms with Crippen molar-refractivity contribution in [1.29, 1.82) is 0 Å². The fraction of sp³-hybridized carbons (Fsp3) is 0.684. The number of methoxy groups -OCH3 is 1. The summed E-state index contributed by atoms with van der Waals surface area (Å²) in [5, 5.41) is 4.29. The third-order valence-corrected chi connectivity index (χ3v) is 5.44. The first-order valence-electron chi connectivity index (χ1n) is 9.48. The van der Waals surface area contributed by atoms with Gasteiger partial charge in [0.05, 0.1) is 19.1 Å². The predicted molar refractivity (Wildman–Crippen MR) is 95.3 cm³/mol. The molecule has 0 bridgehead atoms. The molecule has 2 aliphatic rings. The molecule has 0 radical (unpaired) electrons. The van der Waals surface area contributed by atoms with E-state index in [1.54, 1.807) is 12.5 Å². The number of Topliss-reactive ketones (excluding diaryl/α,β-unsaturated/α-hetero) is 1. The Balaban J connectivity index is 1.43. The minimum Gasteiger partial charge on any atom is -0.469 e. The summed E-state index contributed by atoms with van der Waals surface area (Å²) in [5.74, 6) is 0.492. The van der Waals surface area contributed by atoms with Crippen molar-refractivity contribution in [3.63, 3.8) is 0 Å². The lowest BCUT2D eigenvalue weighted by molar-refractivity contribution is -0.140. The van der Waals surface area contributed by atoms with E-state index in [4.69, 9.17) is 4.84 Å². The van der Waals surface area contributed by atoms with Gasteiger partial charge in [0.2, 0.25) is 6.23 Å². The van der Waals surface area contributed by atoms with Gasteiger partial charge < -0.3 is 9.57 Å². The van der Waals surface area contributed by atoms with Crippen LogP contribution in [0.4, 0.5) is 0 Å². The van der Waals surface area contributed by atoms with E-state index in [2.05, 4.69) is 14.9 Å². The van der Waals surface area contributed by atoms with Gasteiger partial charge in [0.1, 0.15) is 5.78 Å². The molecule has 1 fully saturated rings. The van der Waals surface area contributed by atoms with Crippen molar-refractivity contribution in [2.24, 2.45) is 17.0 Å². The Hall–Kier alpha value is -2.18. The Bertz CT molecular complexity index is 641. The molecule has 0 spiro atoms. The molecule has 3 atom stereocenters. The number of nitrogens with zero attached hydrogens (tertiary/aromatic N) is 3. The van der Waals surface area contributed by atoms with E-state index in [1.807, 2.05) is 10.8 Å². The molecule has 1 aromatic heterocycles. The van der Waals surface area contributed by atoms with Crippen molar-refractivity contribution >= 4 is 17.5 Å². The number of aromatic nitrogens is 2. The van der Waals surface area contributed by atoms with E-state index in [9.17, 15) is 9.59 Å². The number of carbonyl (C=O) groups excluding carboxylic acids is 2. The Kier molecular flexibility index (Phi) is 6.41. The molecule has 0 amide bonds. The Morgan fingerprint density at radius 2 is 2.19 bits per heavy atom. The van der Waals surface area contributed by atoms with Gasteiger partial charge in [-0.25, -0.2) is 4.98 Å². The smallest absolute Gasteiger partial charge is 0.305 e. The van der Waals surface area contributed by atoms with Gasteiger partial charge in [0.15, 0.2) is 0 Å². The first-order valence-corrected chi connectivity index (χ1v) is 9.48. The zero-order valence-electron chi connectivity index (χ0n) is 15.3. The summed E-state index contributed by atoms with van der Waals surface area (Å²) in [6.45, 7) is 0. The Labute approximate surface area is 153 Å². The fourth-order valence-electron chi connectivity index (χ4n) is 3.96. The average molecular weight is 361 g/mol. The highest BCUT2D eigenvalue weighted by molar-refractivity contribution is 5.96. The minimum absolute atomic E-state index is 0.0690. The molecule has 142 valence electrons. The van der Waals surface area contributed by atoms with Gasteiger partial charge in [-0.15, -0.1) is 0 Å². The van der Waals surface area contributed by atoms with Crippen LogP contribution in [0.2, 0.25) is 0 Å². The molecule has 1 aromatic rings. The van der Waals surface area contributed by atoms with Gasteiger partial charge in [-0.1, -0.05) is 24.4 Å². The first-order chi connectivity index (χ1) is 12.7. The van der Waals surface area contributed by atoms with E-state index in [1.165, 1.54) is 7.11 Å². The molecule has 3 unspecified atom stereocenters. The third kappa shape index (κ3) is 4.51. The largest absolute Gasteiger partial charge is 0.469 e. The predicted octanol–water partition coefficient (Wildman–Crippen LogP) is 3.27. The van der Waals surface area contributed by atoms with Crippen molar-refractivity contribution in [2.45, 2.75) is 64.0 Å².